The van der Waals surface area contributed by atoms with E-state index in [4.69, 9.17) is 9.15 Å². The van der Waals surface area contributed by atoms with Gasteiger partial charge >= 0.3 is 0 Å². The summed E-state index contributed by atoms with van der Waals surface area (Å²) in [4.78, 5) is 0. The van der Waals surface area contributed by atoms with Crippen molar-refractivity contribution in [2.24, 2.45) is 0 Å². The van der Waals surface area contributed by atoms with Crippen LogP contribution >= 0.6 is 0 Å². The second kappa shape index (κ2) is 6.00. The fourth-order valence-electron chi connectivity index (χ4n) is 2.98. The van der Waals surface area contributed by atoms with Crippen LogP contribution in [0.1, 0.15) is 5.82 Å². The lowest BCUT2D eigenvalue weighted by Gasteiger charge is -2.06. The van der Waals surface area contributed by atoms with E-state index in [9.17, 15) is 0 Å². The van der Waals surface area contributed by atoms with Gasteiger partial charge in [0.15, 0.2) is 6.61 Å². The van der Waals surface area contributed by atoms with Gasteiger partial charge in [0.05, 0.1) is 0 Å². The number of nitrogens with one attached hydrogen (secondary N) is 1. The number of benzene rings is 3. The summed E-state index contributed by atoms with van der Waals surface area (Å²) in [6, 6.07) is 22.3. The molecule has 2 aromatic heterocycles. The summed E-state index contributed by atoms with van der Waals surface area (Å²) in [6.07, 6.45) is 0. The largest absolute Gasteiger partial charge is 0.485 e. The summed E-state index contributed by atoms with van der Waals surface area (Å²) in [6.45, 7) is 0.277. The van der Waals surface area contributed by atoms with Crippen molar-refractivity contribution in [3.8, 4) is 17.1 Å². The molecule has 126 valence electrons. The standard InChI is InChI=1S/C20H14N4O2/c1-2-4-18-15(3-1)11-19(26-18)16-6-5-14-10-17(8-7-13(14)9-16)25-12-20-21-23-24-22-20/h1-11H,12H2,(H,21,22,23,24). The Morgan fingerprint density at radius 3 is 2.65 bits per heavy atom. The molecule has 26 heavy (non-hydrogen) atoms. The Balaban J connectivity index is 1.45. The van der Waals surface area contributed by atoms with Crippen LogP contribution in [0, 0.1) is 0 Å². The molecule has 0 aliphatic carbocycles. The van der Waals surface area contributed by atoms with Crippen molar-refractivity contribution in [1.82, 2.24) is 20.6 Å². The van der Waals surface area contributed by atoms with Crippen LogP contribution in [0.25, 0.3) is 33.1 Å². The van der Waals surface area contributed by atoms with Crippen molar-refractivity contribution in [2.75, 3.05) is 0 Å². The number of fused-ring (bicyclic) bond motifs is 2. The number of ether oxygens (including phenoxy) is 1. The number of nitrogens with zero attached hydrogens (tertiary/aromatic N) is 3. The van der Waals surface area contributed by atoms with E-state index < -0.39 is 0 Å². The third kappa shape index (κ3) is 2.67. The number of tetrazole rings is 1. The molecule has 6 heteroatoms. The van der Waals surface area contributed by atoms with E-state index in [1.807, 2.05) is 36.4 Å². The van der Waals surface area contributed by atoms with Gasteiger partial charge in [-0.05, 0) is 41.1 Å². The molecule has 2 heterocycles. The molecule has 0 bridgehead atoms. The van der Waals surface area contributed by atoms with Gasteiger partial charge in [0.25, 0.3) is 0 Å². The Bertz CT molecular complexity index is 1160. The molecule has 0 unspecified atom stereocenters. The van der Waals surface area contributed by atoms with E-state index in [1.54, 1.807) is 0 Å². The van der Waals surface area contributed by atoms with Crippen molar-refractivity contribution in [2.45, 2.75) is 6.61 Å². The predicted octanol–water partition coefficient (Wildman–Crippen LogP) is 4.35. The summed E-state index contributed by atoms with van der Waals surface area (Å²) in [7, 11) is 0. The summed E-state index contributed by atoms with van der Waals surface area (Å²) in [5.74, 6) is 2.15. The zero-order valence-electron chi connectivity index (χ0n) is 13.7. The minimum atomic E-state index is 0.277. The molecule has 5 rings (SSSR count). The van der Waals surface area contributed by atoms with Gasteiger partial charge in [0, 0.05) is 10.9 Å². The third-order valence-electron chi connectivity index (χ3n) is 4.28. The van der Waals surface area contributed by atoms with Crippen LogP contribution in [0.5, 0.6) is 5.75 Å². The molecule has 0 amide bonds. The van der Waals surface area contributed by atoms with Crippen molar-refractivity contribution in [3.63, 3.8) is 0 Å². The monoisotopic (exact) mass is 342 g/mol. The number of rotatable bonds is 4. The second-order valence-electron chi connectivity index (χ2n) is 5.99. The molecular weight excluding hydrogens is 328 g/mol. The maximum absolute atomic E-state index is 5.96. The summed E-state index contributed by atoms with van der Waals surface area (Å²) in [5.41, 5.74) is 1.95. The molecule has 6 nitrogen and oxygen atoms in total. The van der Waals surface area contributed by atoms with Gasteiger partial charge in [-0.2, -0.15) is 5.21 Å². The van der Waals surface area contributed by atoms with Crippen molar-refractivity contribution >= 4 is 21.7 Å². The number of para-hydroxylation sites is 1. The Hall–Kier alpha value is -3.67. The number of aromatic nitrogens is 4. The van der Waals surface area contributed by atoms with Crippen LogP contribution in [-0.4, -0.2) is 20.6 Å². The lowest BCUT2D eigenvalue weighted by Crippen LogP contribution is -1.97. The summed E-state index contributed by atoms with van der Waals surface area (Å²) in [5, 5.41) is 17.0. The molecule has 3 aromatic carbocycles. The Labute approximate surface area is 148 Å². The molecule has 0 radical (unpaired) electrons. The average Bonchev–Trinajstić information content (AvgIpc) is 3.35. The number of hydrogen-bond donors (Lipinski definition) is 1. The predicted molar refractivity (Wildman–Crippen MR) is 97.7 cm³/mol. The minimum absolute atomic E-state index is 0.277. The van der Waals surface area contributed by atoms with Gasteiger partial charge in [-0.25, -0.2) is 0 Å². The summed E-state index contributed by atoms with van der Waals surface area (Å²) >= 11 is 0. The first-order valence-corrected chi connectivity index (χ1v) is 8.23. The van der Waals surface area contributed by atoms with E-state index in [1.165, 1.54) is 0 Å². The first kappa shape index (κ1) is 14.7. The third-order valence-corrected chi connectivity index (χ3v) is 4.28. The highest BCUT2D eigenvalue weighted by molar-refractivity contribution is 5.89. The van der Waals surface area contributed by atoms with E-state index in [0.717, 1.165) is 38.8 Å². The number of hydrogen-bond acceptors (Lipinski definition) is 5. The maximum Gasteiger partial charge on any atom is 0.211 e. The normalized spacial score (nSPS) is 11.2. The first-order valence-electron chi connectivity index (χ1n) is 8.23. The van der Waals surface area contributed by atoms with Gasteiger partial charge in [0.2, 0.25) is 5.82 Å². The number of furan rings is 1. The van der Waals surface area contributed by atoms with Gasteiger partial charge in [-0.3, -0.25) is 0 Å². The molecule has 1 N–H and O–H groups in total. The molecule has 0 saturated carbocycles. The highest BCUT2D eigenvalue weighted by Crippen LogP contribution is 2.31. The molecule has 0 spiro atoms. The molecule has 0 aliphatic rings. The van der Waals surface area contributed by atoms with Crippen LogP contribution in [-0.2, 0) is 6.61 Å². The molecule has 0 aliphatic heterocycles. The van der Waals surface area contributed by atoms with Crippen LogP contribution < -0.4 is 4.74 Å². The lowest BCUT2D eigenvalue weighted by atomic mass is 10.1. The molecule has 0 fully saturated rings. The minimum Gasteiger partial charge on any atom is -0.485 e. The van der Waals surface area contributed by atoms with E-state index >= 15 is 0 Å². The Kier molecular flexibility index (Phi) is 3.38. The highest BCUT2D eigenvalue weighted by Gasteiger charge is 2.07. The number of H-pyrrole nitrogens is 1. The quantitative estimate of drug-likeness (QED) is 0.525. The van der Waals surface area contributed by atoms with Crippen LogP contribution in [0.4, 0.5) is 0 Å². The fourth-order valence-corrected chi connectivity index (χ4v) is 2.98. The Morgan fingerprint density at radius 2 is 1.77 bits per heavy atom. The smallest absolute Gasteiger partial charge is 0.211 e. The van der Waals surface area contributed by atoms with E-state index in [0.29, 0.717) is 5.82 Å². The topological polar surface area (TPSA) is 76.8 Å². The molecule has 0 saturated heterocycles. The van der Waals surface area contributed by atoms with E-state index in [-0.39, 0.29) is 6.61 Å². The van der Waals surface area contributed by atoms with Crippen LogP contribution in [0.3, 0.4) is 0 Å². The highest BCUT2D eigenvalue weighted by atomic mass is 16.5. The second-order valence-corrected chi connectivity index (χ2v) is 5.99. The SMILES string of the molecule is c1ccc2oc(-c3ccc4cc(OCc5nn[nH]n5)ccc4c3)cc2c1. The van der Waals surface area contributed by atoms with Gasteiger partial charge in [-0.1, -0.05) is 41.6 Å². The number of aromatic amines is 1. The fraction of sp³-hybridized carbons (Fsp3) is 0.0500. The van der Waals surface area contributed by atoms with Crippen LogP contribution in [0.2, 0.25) is 0 Å². The average molecular weight is 342 g/mol. The molecular formula is C20H14N4O2. The lowest BCUT2D eigenvalue weighted by molar-refractivity contribution is 0.296. The maximum atomic E-state index is 5.96. The van der Waals surface area contributed by atoms with Gasteiger partial charge < -0.3 is 9.15 Å². The van der Waals surface area contributed by atoms with E-state index in [2.05, 4.69) is 51.0 Å². The van der Waals surface area contributed by atoms with Gasteiger partial charge in [0.1, 0.15) is 17.1 Å². The molecule has 5 aromatic rings. The zero-order chi connectivity index (χ0) is 17.3. The molecule has 0 atom stereocenters. The van der Waals surface area contributed by atoms with Crippen molar-refractivity contribution in [1.29, 1.82) is 0 Å². The summed E-state index contributed by atoms with van der Waals surface area (Å²) < 4.78 is 11.7. The van der Waals surface area contributed by atoms with Crippen molar-refractivity contribution in [3.05, 3.63) is 72.6 Å². The zero-order valence-corrected chi connectivity index (χ0v) is 13.7. The Morgan fingerprint density at radius 1 is 0.885 bits per heavy atom. The first-order chi connectivity index (χ1) is 12.8. The van der Waals surface area contributed by atoms with Gasteiger partial charge in [-0.15, -0.1) is 10.2 Å². The van der Waals surface area contributed by atoms with Crippen molar-refractivity contribution < 1.29 is 9.15 Å². The van der Waals surface area contributed by atoms with Crippen LogP contribution in [0.15, 0.2) is 71.1 Å².